The lowest BCUT2D eigenvalue weighted by molar-refractivity contribution is -0.116. The van der Waals surface area contributed by atoms with Gasteiger partial charge in [0, 0.05) is 24.5 Å². The van der Waals surface area contributed by atoms with Gasteiger partial charge in [0.1, 0.15) is 17.8 Å². The van der Waals surface area contributed by atoms with Crippen LogP contribution in [0, 0.1) is 13.8 Å². The van der Waals surface area contributed by atoms with Gasteiger partial charge in [-0.1, -0.05) is 23.8 Å². The first-order chi connectivity index (χ1) is 15.3. The largest absolute Gasteiger partial charge is 0.497 e. The number of aryl methyl sites for hydroxylation is 3. The van der Waals surface area contributed by atoms with Gasteiger partial charge in [-0.3, -0.25) is 14.2 Å². The summed E-state index contributed by atoms with van der Waals surface area (Å²) < 4.78 is 9.36. The van der Waals surface area contributed by atoms with Crippen LogP contribution in [-0.4, -0.2) is 26.7 Å². The highest BCUT2D eigenvalue weighted by Crippen LogP contribution is 2.18. The van der Waals surface area contributed by atoms with E-state index in [2.05, 4.69) is 5.32 Å². The lowest BCUT2D eigenvalue weighted by Gasteiger charge is -2.13. The van der Waals surface area contributed by atoms with Crippen LogP contribution in [0.25, 0.3) is 16.7 Å². The number of amides is 1. The molecule has 1 N–H and O–H groups in total. The molecule has 32 heavy (non-hydrogen) atoms. The van der Waals surface area contributed by atoms with E-state index in [9.17, 15) is 14.4 Å². The second-order valence-electron chi connectivity index (χ2n) is 7.70. The summed E-state index contributed by atoms with van der Waals surface area (Å²) in [5.74, 6) is 0.214. The number of fused-ring (bicyclic) bond motifs is 1. The van der Waals surface area contributed by atoms with Gasteiger partial charge < -0.3 is 14.6 Å². The summed E-state index contributed by atoms with van der Waals surface area (Å²) in [5.41, 5.74) is 2.60. The Morgan fingerprint density at radius 1 is 1.03 bits per heavy atom. The van der Waals surface area contributed by atoms with E-state index in [-0.39, 0.29) is 6.54 Å². The van der Waals surface area contributed by atoms with Crippen LogP contribution in [0.5, 0.6) is 5.75 Å². The van der Waals surface area contributed by atoms with E-state index in [0.717, 1.165) is 15.8 Å². The first-order valence-electron chi connectivity index (χ1n) is 10.1. The monoisotopic (exact) mass is 432 g/mol. The first-order valence-corrected chi connectivity index (χ1v) is 10.1. The number of carbonyl (C=O) groups excluding carboxylic acids is 1. The van der Waals surface area contributed by atoms with E-state index in [1.165, 1.54) is 4.57 Å². The van der Waals surface area contributed by atoms with Gasteiger partial charge in [0.25, 0.3) is 5.56 Å². The van der Waals surface area contributed by atoms with Crippen molar-refractivity contribution in [3.8, 4) is 11.4 Å². The molecule has 0 saturated carbocycles. The molecule has 0 fully saturated rings. The SMILES string of the molecule is COc1cccc(NC(=O)Cn2c(=O)n(-c3ccc(C)cc3)c(=O)c3c2cc(C)n3C)c1. The van der Waals surface area contributed by atoms with Crippen molar-refractivity contribution in [2.45, 2.75) is 20.4 Å². The molecule has 0 unspecified atom stereocenters. The highest BCUT2D eigenvalue weighted by Gasteiger charge is 2.20. The molecule has 0 aliphatic rings. The number of hydrogen-bond donors (Lipinski definition) is 1. The van der Waals surface area contributed by atoms with Crippen molar-refractivity contribution < 1.29 is 9.53 Å². The van der Waals surface area contributed by atoms with Crippen LogP contribution in [-0.2, 0) is 18.4 Å². The minimum absolute atomic E-state index is 0.248. The summed E-state index contributed by atoms with van der Waals surface area (Å²) >= 11 is 0. The summed E-state index contributed by atoms with van der Waals surface area (Å²) in [6.07, 6.45) is 0. The number of carbonyl (C=O) groups is 1. The van der Waals surface area contributed by atoms with E-state index in [1.807, 2.05) is 26.0 Å². The van der Waals surface area contributed by atoms with E-state index in [0.29, 0.717) is 28.2 Å². The van der Waals surface area contributed by atoms with Crippen molar-refractivity contribution in [1.82, 2.24) is 13.7 Å². The van der Waals surface area contributed by atoms with Crippen LogP contribution in [0.2, 0.25) is 0 Å². The Kier molecular flexibility index (Phi) is 5.44. The van der Waals surface area contributed by atoms with Crippen molar-refractivity contribution in [3.63, 3.8) is 0 Å². The molecule has 0 aliphatic carbocycles. The third-order valence-electron chi connectivity index (χ3n) is 5.52. The van der Waals surface area contributed by atoms with Gasteiger partial charge in [-0.25, -0.2) is 9.36 Å². The Bertz CT molecular complexity index is 1440. The molecule has 0 bridgehead atoms. The van der Waals surface area contributed by atoms with Crippen molar-refractivity contribution in [2.75, 3.05) is 12.4 Å². The second kappa shape index (κ2) is 8.22. The molecule has 2 aromatic carbocycles. The maximum absolute atomic E-state index is 13.4. The third-order valence-corrected chi connectivity index (χ3v) is 5.52. The zero-order chi connectivity index (χ0) is 23.0. The molecule has 1 amide bonds. The Morgan fingerprint density at radius 2 is 1.75 bits per heavy atom. The molecule has 2 heterocycles. The Hall–Kier alpha value is -4.07. The third kappa shape index (κ3) is 3.71. The maximum Gasteiger partial charge on any atom is 0.336 e. The molecule has 4 rings (SSSR count). The average molecular weight is 432 g/mol. The number of hydrogen-bond acceptors (Lipinski definition) is 4. The number of anilines is 1. The number of methoxy groups -OCH3 is 1. The van der Waals surface area contributed by atoms with Crippen LogP contribution in [0.1, 0.15) is 11.3 Å². The van der Waals surface area contributed by atoms with Gasteiger partial charge in [0.15, 0.2) is 0 Å². The summed E-state index contributed by atoms with van der Waals surface area (Å²) in [4.78, 5) is 39.5. The van der Waals surface area contributed by atoms with Crippen LogP contribution < -0.4 is 21.3 Å². The molecule has 0 saturated heterocycles. The van der Waals surface area contributed by atoms with Gasteiger partial charge in [-0.15, -0.1) is 0 Å². The summed E-state index contributed by atoms with van der Waals surface area (Å²) in [7, 11) is 3.31. The van der Waals surface area contributed by atoms with E-state index in [4.69, 9.17) is 4.74 Å². The van der Waals surface area contributed by atoms with Crippen LogP contribution in [0.15, 0.2) is 64.2 Å². The number of benzene rings is 2. The topological polar surface area (TPSA) is 87.3 Å². The number of rotatable bonds is 5. The molecular weight excluding hydrogens is 408 g/mol. The minimum Gasteiger partial charge on any atom is -0.497 e. The Balaban J connectivity index is 1.84. The van der Waals surface area contributed by atoms with Gasteiger partial charge in [0.05, 0.1) is 18.3 Å². The average Bonchev–Trinajstić information content (AvgIpc) is 3.07. The lowest BCUT2D eigenvalue weighted by Crippen LogP contribution is -2.41. The summed E-state index contributed by atoms with van der Waals surface area (Å²) in [5, 5.41) is 2.79. The molecule has 2 aromatic heterocycles. The Labute approximate surface area is 184 Å². The van der Waals surface area contributed by atoms with Gasteiger partial charge in [-0.2, -0.15) is 0 Å². The number of nitrogens with one attached hydrogen (secondary N) is 1. The van der Waals surface area contributed by atoms with Crippen LogP contribution in [0.4, 0.5) is 5.69 Å². The zero-order valence-electron chi connectivity index (χ0n) is 18.4. The van der Waals surface area contributed by atoms with E-state index >= 15 is 0 Å². The van der Waals surface area contributed by atoms with Crippen LogP contribution >= 0.6 is 0 Å². The molecular formula is C24H24N4O4. The van der Waals surface area contributed by atoms with E-state index < -0.39 is 17.2 Å². The molecule has 0 spiro atoms. The zero-order valence-corrected chi connectivity index (χ0v) is 18.4. The van der Waals surface area contributed by atoms with Crippen LogP contribution in [0.3, 0.4) is 0 Å². The molecule has 8 nitrogen and oxygen atoms in total. The molecule has 0 radical (unpaired) electrons. The Morgan fingerprint density at radius 3 is 2.44 bits per heavy atom. The highest BCUT2D eigenvalue weighted by atomic mass is 16.5. The quantitative estimate of drug-likeness (QED) is 0.525. The fraction of sp³-hybridized carbons (Fsp3) is 0.208. The molecule has 0 atom stereocenters. The van der Waals surface area contributed by atoms with E-state index in [1.54, 1.807) is 61.2 Å². The fourth-order valence-corrected chi connectivity index (χ4v) is 3.71. The van der Waals surface area contributed by atoms with Crippen molar-refractivity contribution in [2.24, 2.45) is 7.05 Å². The minimum atomic E-state index is -0.572. The van der Waals surface area contributed by atoms with Gasteiger partial charge in [0.2, 0.25) is 5.91 Å². The van der Waals surface area contributed by atoms with Gasteiger partial charge >= 0.3 is 5.69 Å². The molecule has 0 aliphatic heterocycles. The molecule has 8 heteroatoms. The number of nitrogens with zero attached hydrogens (tertiary/aromatic N) is 3. The molecule has 4 aromatic rings. The fourth-order valence-electron chi connectivity index (χ4n) is 3.71. The highest BCUT2D eigenvalue weighted by molar-refractivity contribution is 5.91. The standard InChI is InChI=1S/C24H24N4O4/c1-15-8-10-18(11-9-15)28-23(30)22-20(12-16(2)26(22)3)27(24(28)31)14-21(29)25-17-6-5-7-19(13-17)32-4/h5-13H,14H2,1-4H3,(H,25,29). The first kappa shape index (κ1) is 21.2. The maximum atomic E-state index is 13.4. The summed E-state index contributed by atoms with van der Waals surface area (Å²) in [6.45, 7) is 3.53. The number of ether oxygens (including phenoxy) is 1. The lowest BCUT2D eigenvalue weighted by atomic mass is 10.2. The second-order valence-corrected chi connectivity index (χ2v) is 7.70. The van der Waals surface area contributed by atoms with Crippen molar-refractivity contribution >= 4 is 22.6 Å². The predicted octanol–water partition coefficient (Wildman–Crippen LogP) is 2.76. The van der Waals surface area contributed by atoms with Crippen molar-refractivity contribution in [3.05, 3.63) is 86.7 Å². The van der Waals surface area contributed by atoms with Gasteiger partial charge in [-0.05, 0) is 44.2 Å². The number of aromatic nitrogens is 3. The van der Waals surface area contributed by atoms with Crippen molar-refractivity contribution in [1.29, 1.82) is 0 Å². The smallest absolute Gasteiger partial charge is 0.336 e. The summed E-state index contributed by atoms with van der Waals surface area (Å²) in [6, 6.07) is 15.8. The predicted molar refractivity (Wildman–Crippen MR) is 124 cm³/mol. The molecule has 164 valence electrons. The normalized spacial score (nSPS) is 11.0.